The summed E-state index contributed by atoms with van der Waals surface area (Å²) in [7, 11) is 0. The second-order valence-electron chi connectivity index (χ2n) is 11.8. The molecule has 0 bridgehead atoms. The van der Waals surface area contributed by atoms with E-state index in [0.717, 1.165) is 0 Å². The van der Waals surface area contributed by atoms with Crippen LogP contribution in [0.15, 0.2) is 23.5 Å². The number of esters is 5. The largest absolute Gasteiger partial charge is 0.462 e. The predicted octanol–water partition coefficient (Wildman–Crippen LogP) is 2.90. The van der Waals surface area contributed by atoms with E-state index in [1.54, 1.807) is 0 Å². The predicted molar refractivity (Wildman–Crippen MR) is 142 cm³/mol. The molecule has 0 radical (unpaired) electrons. The van der Waals surface area contributed by atoms with Crippen molar-refractivity contribution < 1.29 is 57.5 Å². The number of carbonyl (C=O) groups excluding carboxylic acids is 5. The minimum Gasteiger partial charge on any atom is -0.462 e. The Kier molecular flexibility index (Phi) is 11.5. The summed E-state index contributed by atoms with van der Waals surface area (Å²) < 4.78 is 32.7. The standard InChI is InChI=1S/C29H42O12/c1-16(2)9-23(32)38-15-29(35)22(39-24(33)10-17(3)4)11-21-20(13-36-18(5)30)14-37-27(26(21)29)40-25(34)12-28(7,8)41-19(6)31/h11,14,16-17,22,26-27,35H,9-10,12-13,15H2,1-8H3/t22-,26-,27+,29-/m1/s1. The zero-order valence-electron chi connectivity index (χ0n) is 25.0. The molecular weight excluding hydrogens is 540 g/mol. The summed E-state index contributed by atoms with van der Waals surface area (Å²) in [6.45, 7) is 12.0. The monoisotopic (exact) mass is 582 g/mol. The fourth-order valence-electron chi connectivity index (χ4n) is 4.60. The van der Waals surface area contributed by atoms with Gasteiger partial charge in [0.25, 0.3) is 6.29 Å². The van der Waals surface area contributed by atoms with Gasteiger partial charge in [-0.2, -0.15) is 0 Å². The maximum Gasteiger partial charge on any atom is 0.312 e. The van der Waals surface area contributed by atoms with Crippen LogP contribution in [0.3, 0.4) is 0 Å². The van der Waals surface area contributed by atoms with E-state index < -0.39 is 66.0 Å². The molecule has 1 aliphatic carbocycles. The maximum absolute atomic E-state index is 12.9. The second kappa shape index (κ2) is 14.0. The van der Waals surface area contributed by atoms with Gasteiger partial charge in [-0.05, 0) is 37.3 Å². The molecule has 1 aliphatic heterocycles. The van der Waals surface area contributed by atoms with Gasteiger partial charge in [0.15, 0.2) is 11.7 Å². The molecule has 1 heterocycles. The van der Waals surface area contributed by atoms with Crippen LogP contribution >= 0.6 is 0 Å². The zero-order chi connectivity index (χ0) is 31.1. The lowest BCUT2D eigenvalue weighted by molar-refractivity contribution is -0.219. The number of carbonyl (C=O) groups is 5. The quantitative estimate of drug-likeness (QED) is 0.250. The van der Waals surface area contributed by atoms with Gasteiger partial charge in [0.05, 0.1) is 18.6 Å². The molecule has 0 aromatic carbocycles. The van der Waals surface area contributed by atoms with Crippen molar-refractivity contribution in [3.63, 3.8) is 0 Å². The van der Waals surface area contributed by atoms with Crippen LogP contribution in [-0.4, -0.2) is 71.8 Å². The Hall–Kier alpha value is -3.41. The van der Waals surface area contributed by atoms with Crippen molar-refractivity contribution in [2.75, 3.05) is 13.2 Å². The number of fused-ring (bicyclic) bond motifs is 1. The van der Waals surface area contributed by atoms with Crippen LogP contribution in [-0.2, 0) is 52.4 Å². The molecule has 0 saturated heterocycles. The highest BCUT2D eigenvalue weighted by atomic mass is 16.7. The Morgan fingerprint density at radius 2 is 1.54 bits per heavy atom. The van der Waals surface area contributed by atoms with E-state index >= 15 is 0 Å². The molecule has 4 atom stereocenters. The molecule has 0 aromatic heterocycles. The van der Waals surface area contributed by atoms with Gasteiger partial charge < -0.3 is 33.5 Å². The van der Waals surface area contributed by atoms with Gasteiger partial charge in [-0.25, -0.2) is 0 Å². The molecular formula is C29H42O12. The van der Waals surface area contributed by atoms with Crippen LogP contribution in [0, 0.1) is 17.8 Å². The van der Waals surface area contributed by atoms with E-state index in [9.17, 15) is 29.1 Å². The number of ether oxygens (including phenoxy) is 6. The summed E-state index contributed by atoms with van der Waals surface area (Å²) in [5, 5.41) is 12.1. The average molecular weight is 583 g/mol. The highest BCUT2D eigenvalue weighted by Gasteiger charge is 2.59. The smallest absolute Gasteiger partial charge is 0.312 e. The Labute approximate surface area is 240 Å². The molecule has 2 rings (SSSR count). The summed E-state index contributed by atoms with van der Waals surface area (Å²) in [6.07, 6.45) is -0.283. The maximum atomic E-state index is 12.9. The Morgan fingerprint density at radius 1 is 0.927 bits per heavy atom. The van der Waals surface area contributed by atoms with Crippen LogP contribution in [0.1, 0.15) is 74.7 Å². The topological polar surface area (TPSA) is 161 Å². The molecule has 2 aliphatic rings. The summed E-state index contributed by atoms with van der Waals surface area (Å²) in [4.78, 5) is 61.0. The molecule has 12 nitrogen and oxygen atoms in total. The van der Waals surface area contributed by atoms with Crippen molar-refractivity contribution in [1.29, 1.82) is 0 Å². The number of rotatable bonds is 13. The first kappa shape index (κ1) is 33.8. The highest BCUT2D eigenvalue weighted by molar-refractivity contribution is 5.73. The first-order valence-electron chi connectivity index (χ1n) is 13.6. The molecule has 0 amide bonds. The first-order valence-corrected chi connectivity index (χ1v) is 13.6. The molecule has 0 unspecified atom stereocenters. The average Bonchev–Trinajstić information content (AvgIpc) is 3.07. The lowest BCUT2D eigenvalue weighted by atomic mass is 9.82. The van der Waals surface area contributed by atoms with E-state index in [-0.39, 0.29) is 37.7 Å². The Morgan fingerprint density at radius 3 is 2.10 bits per heavy atom. The summed E-state index contributed by atoms with van der Waals surface area (Å²) in [5.74, 6) is -4.40. The molecule has 1 N–H and O–H groups in total. The third-order valence-corrected chi connectivity index (χ3v) is 6.23. The zero-order valence-corrected chi connectivity index (χ0v) is 25.0. The lowest BCUT2D eigenvalue weighted by Gasteiger charge is -2.40. The van der Waals surface area contributed by atoms with Gasteiger partial charge in [0.1, 0.15) is 18.8 Å². The number of hydrogen-bond acceptors (Lipinski definition) is 12. The Bertz CT molecular complexity index is 1070. The number of hydrogen-bond donors (Lipinski definition) is 1. The van der Waals surface area contributed by atoms with Crippen LogP contribution in [0.5, 0.6) is 0 Å². The summed E-state index contributed by atoms with van der Waals surface area (Å²) >= 11 is 0. The number of aliphatic hydroxyl groups is 1. The third-order valence-electron chi connectivity index (χ3n) is 6.23. The van der Waals surface area contributed by atoms with E-state index in [1.165, 1.54) is 40.0 Å². The minimum atomic E-state index is -2.11. The van der Waals surface area contributed by atoms with Crippen LogP contribution < -0.4 is 0 Å². The van der Waals surface area contributed by atoms with E-state index in [2.05, 4.69) is 0 Å². The van der Waals surface area contributed by atoms with E-state index in [0.29, 0.717) is 11.1 Å². The van der Waals surface area contributed by atoms with Crippen molar-refractivity contribution in [1.82, 2.24) is 0 Å². The normalized spacial score (nSPS) is 23.5. The first-order chi connectivity index (χ1) is 18.9. The van der Waals surface area contributed by atoms with Gasteiger partial charge in [-0.3, -0.25) is 24.0 Å². The second-order valence-corrected chi connectivity index (χ2v) is 11.8. The van der Waals surface area contributed by atoms with Crippen molar-refractivity contribution in [2.45, 2.75) is 98.2 Å². The molecule has 0 spiro atoms. The fraction of sp³-hybridized carbons (Fsp3) is 0.690. The van der Waals surface area contributed by atoms with E-state index in [4.69, 9.17) is 28.4 Å². The Balaban J connectivity index is 2.46. The van der Waals surface area contributed by atoms with E-state index in [1.807, 2.05) is 27.7 Å². The van der Waals surface area contributed by atoms with Crippen molar-refractivity contribution in [3.8, 4) is 0 Å². The van der Waals surface area contributed by atoms with Crippen LogP contribution in [0.4, 0.5) is 0 Å². The third kappa shape index (κ3) is 9.87. The van der Waals surface area contributed by atoms with Gasteiger partial charge in [-0.1, -0.05) is 27.7 Å². The van der Waals surface area contributed by atoms with Crippen LogP contribution in [0.2, 0.25) is 0 Å². The highest BCUT2D eigenvalue weighted by Crippen LogP contribution is 2.47. The summed E-state index contributed by atoms with van der Waals surface area (Å²) in [6, 6.07) is 0. The molecule has 0 saturated carbocycles. The van der Waals surface area contributed by atoms with Gasteiger partial charge in [0, 0.05) is 32.3 Å². The van der Waals surface area contributed by atoms with Crippen molar-refractivity contribution in [3.05, 3.63) is 23.5 Å². The summed E-state index contributed by atoms with van der Waals surface area (Å²) in [5.41, 5.74) is -2.65. The SMILES string of the molecule is CC(=O)OCC1=CO[C@@H](OC(=O)CC(C)(C)OC(C)=O)[C@H]2C1=C[C@@H](OC(=O)CC(C)C)[C@]2(O)COC(=O)CC(C)C. The lowest BCUT2D eigenvalue weighted by Crippen LogP contribution is -2.56. The fourth-order valence-corrected chi connectivity index (χ4v) is 4.60. The molecule has 230 valence electrons. The minimum absolute atomic E-state index is 0.0142. The van der Waals surface area contributed by atoms with Crippen molar-refractivity contribution in [2.24, 2.45) is 17.8 Å². The molecule has 41 heavy (non-hydrogen) atoms. The van der Waals surface area contributed by atoms with Gasteiger partial charge in [-0.15, -0.1) is 0 Å². The van der Waals surface area contributed by atoms with Crippen molar-refractivity contribution >= 4 is 29.8 Å². The molecule has 12 heteroatoms. The molecule has 0 aromatic rings. The van der Waals surface area contributed by atoms with Crippen LogP contribution in [0.25, 0.3) is 0 Å². The van der Waals surface area contributed by atoms with Gasteiger partial charge in [0.2, 0.25) is 0 Å². The van der Waals surface area contributed by atoms with Gasteiger partial charge >= 0.3 is 29.8 Å². The molecule has 0 fully saturated rings.